The number of ether oxygens (including phenoxy) is 1. The minimum absolute atomic E-state index is 0.000316. The Kier molecular flexibility index (Phi) is 11.3. The highest BCUT2D eigenvalue weighted by atomic mass is 35.5. The van der Waals surface area contributed by atoms with Crippen LogP contribution in [0.15, 0.2) is 47.2 Å². The normalized spacial score (nSPS) is 35.2. The summed E-state index contributed by atoms with van der Waals surface area (Å²) in [7, 11) is 0. The highest BCUT2D eigenvalue weighted by Crippen LogP contribution is 2.77. The topological polar surface area (TPSA) is 148 Å². The molecular weight excluding hydrogens is 726 g/mol. The Balaban J connectivity index is 1.33. The minimum atomic E-state index is -1.18. The Labute approximate surface area is 339 Å². The summed E-state index contributed by atoms with van der Waals surface area (Å²) in [4.78, 5) is 53.0. The number of carbonyl (C=O) groups is 4. The van der Waals surface area contributed by atoms with Crippen LogP contribution in [0, 0.1) is 56.2 Å². The lowest BCUT2D eigenvalue weighted by atomic mass is 9.33. The summed E-state index contributed by atoms with van der Waals surface area (Å²) in [6, 6.07) is 7.06. The first-order valence-corrected chi connectivity index (χ1v) is 21.4. The molecule has 5 N–H and O–H groups in total. The van der Waals surface area contributed by atoms with Crippen molar-refractivity contribution in [3.8, 4) is 0 Å². The largest absolute Gasteiger partial charge is 0.481 e. The molecule has 56 heavy (non-hydrogen) atoms. The van der Waals surface area contributed by atoms with Crippen molar-refractivity contribution in [1.82, 2.24) is 5.32 Å². The van der Waals surface area contributed by atoms with Crippen molar-refractivity contribution < 1.29 is 29.0 Å². The lowest BCUT2D eigenvalue weighted by molar-refractivity contribution is -0.233. The molecule has 0 radical (unpaired) electrons. The minimum Gasteiger partial charge on any atom is -0.481 e. The summed E-state index contributed by atoms with van der Waals surface area (Å²) < 4.78 is 6.18. The van der Waals surface area contributed by atoms with Crippen LogP contribution in [-0.4, -0.2) is 47.9 Å². The first-order chi connectivity index (χ1) is 26.1. The van der Waals surface area contributed by atoms with Gasteiger partial charge in [0.2, 0.25) is 5.91 Å². The van der Waals surface area contributed by atoms with Gasteiger partial charge in [0.15, 0.2) is 5.78 Å². The number of benzene rings is 1. The zero-order chi connectivity index (χ0) is 41.2. The van der Waals surface area contributed by atoms with Gasteiger partial charge in [-0.3, -0.25) is 19.2 Å². The van der Waals surface area contributed by atoms with Crippen molar-refractivity contribution >= 4 is 40.9 Å². The molecule has 4 saturated carbocycles. The van der Waals surface area contributed by atoms with E-state index in [-0.39, 0.29) is 57.7 Å². The average Bonchev–Trinajstić information content (AvgIpc) is 3.42. The summed E-state index contributed by atoms with van der Waals surface area (Å²) in [5.74, 6) is -0.473. The number of anilines is 1. The van der Waals surface area contributed by atoms with Crippen LogP contribution in [0.3, 0.4) is 0 Å². The lowest BCUT2D eigenvalue weighted by Crippen LogP contribution is -2.66. The Morgan fingerprint density at radius 2 is 1.64 bits per heavy atom. The molecule has 0 aromatic heterocycles. The van der Waals surface area contributed by atoms with E-state index in [0.717, 1.165) is 62.6 Å². The summed E-state index contributed by atoms with van der Waals surface area (Å²) in [5, 5.41) is 16.8. The number of esters is 1. The molecule has 0 heterocycles. The van der Waals surface area contributed by atoms with Gasteiger partial charge in [-0.2, -0.15) is 0 Å². The van der Waals surface area contributed by atoms with Crippen LogP contribution in [0.2, 0.25) is 5.02 Å². The summed E-state index contributed by atoms with van der Waals surface area (Å²) in [6.45, 7) is 20.4. The molecule has 5 aliphatic rings. The Morgan fingerprint density at radius 3 is 2.27 bits per heavy atom. The molecule has 10 heteroatoms. The number of fused-ring (bicyclic) bond motifs is 7. The van der Waals surface area contributed by atoms with Gasteiger partial charge in [-0.25, -0.2) is 0 Å². The molecule has 0 saturated heterocycles. The van der Waals surface area contributed by atoms with E-state index in [1.54, 1.807) is 44.2 Å². The molecule has 6 rings (SSSR count). The number of halogens is 1. The molecule has 9 nitrogen and oxygen atoms in total. The molecule has 1 aromatic carbocycles. The number of amides is 1. The number of aliphatic carboxylic acids is 1. The number of carboxylic acid groups (broad SMARTS) is 1. The maximum atomic E-state index is 14.3. The highest BCUT2D eigenvalue weighted by Gasteiger charge is 2.70. The number of Topliss-reactive ketones (excluding diaryl/α,β-unsaturated/α-hetero) is 1. The van der Waals surface area contributed by atoms with Gasteiger partial charge in [0.05, 0.1) is 11.8 Å². The number of carbonyl (C=O) groups excluding carboxylic acids is 3. The first kappa shape index (κ1) is 42.4. The molecule has 1 aromatic rings. The maximum absolute atomic E-state index is 14.3. The fraction of sp³-hybridized carbons (Fsp3) is 0.696. The Morgan fingerprint density at radius 1 is 0.964 bits per heavy atom. The third kappa shape index (κ3) is 6.84. The van der Waals surface area contributed by atoms with Crippen molar-refractivity contribution in [2.45, 2.75) is 133 Å². The van der Waals surface area contributed by atoms with Crippen molar-refractivity contribution in [3.63, 3.8) is 0 Å². The molecule has 4 fully saturated rings. The number of nitrogens with one attached hydrogen (secondary N) is 2. The monoisotopic (exact) mass is 791 g/mol. The third-order valence-electron chi connectivity index (χ3n) is 16.2. The van der Waals surface area contributed by atoms with E-state index in [4.69, 9.17) is 22.1 Å². The van der Waals surface area contributed by atoms with Gasteiger partial charge in [-0.05, 0) is 141 Å². The van der Waals surface area contributed by atoms with Crippen molar-refractivity contribution in [1.29, 1.82) is 0 Å². The van der Waals surface area contributed by atoms with Crippen LogP contribution in [0.25, 0.3) is 0 Å². The number of rotatable bonds is 11. The standard InChI is InChI=1S/C46H66ClN3O6/c1-27(2)38-31(51)25-46(34(49-23-22-48)24-36(52)50-29-12-10-28(47)11-13-29)21-20-44(8)30(39(38)46)14-15-33-43(7)18-17-35(56-37(53)26-41(3,4)40(54)55)42(5,6)32(43)16-19-45(33,44)9/h10-13,24,27,30,32-33,35,49H,14-23,25-26,48H2,1-9H3,(H,50,52)(H,54,55)/b34-24-/t30-,32+,33-,35+,43+,44-,45-,46+/m1/s1. The van der Waals surface area contributed by atoms with E-state index in [0.29, 0.717) is 42.1 Å². The van der Waals surface area contributed by atoms with Crippen LogP contribution < -0.4 is 16.4 Å². The van der Waals surface area contributed by atoms with Crippen molar-refractivity contribution in [2.75, 3.05) is 18.4 Å². The lowest BCUT2D eigenvalue weighted by Gasteiger charge is -2.72. The molecular formula is C46H66ClN3O6. The molecule has 0 aliphatic heterocycles. The van der Waals surface area contributed by atoms with Crippen LogP contribution in [0.4, 0.5) is 5.69 Å². The summed E-state index contributed by atoms with van der Waals surface area (Å²) >= 11 is 6.11. The van der Waals surface area contributed by atoms with Gasteiger partial charge in [-0.1, -0.05) is 60.1 Å². The second-order valence-corrected chi connectivity index (χ2v) is 20.7. The second-order valence-electron chi connectivity index (χ2n) is 20.3. The van der Waals surface area contributed by atoms with Crippen LogP contribution in [-0.2, 0) is 23.9 Å². The van der Waals surface area contributed by atoms with E-state index in [2.05, 4.69) is 59.1 Å². The predicted octanol–water partition coefficient (Wildman–Crippen LogP) is 9.10. The fourth-order valence-corrected chi connectivity index (χ4v) is 13.3. The van der Waals surface area contributed by atoms with E-state index >= 15 is 0 Å². The predicted molar refractivity (Wildman–Crippen MR) is 221 cm³/mol. The van der Waals surface area contributed by atoms with Gasteiger partial charge >= 0.3 is 11.9 Å². The highest BCUT2D eigenvalue weighted by molar-refractivity contribution is 6.30. The zero-order valence-corrected chi connectivity index (χ0v) is 36.0. The number of hydrogen-bond acceptors (Lipinski definition) is 7. The Bertz CT molecular complexity index is 1820. The van der Waals surface area contributed by atoms with Gasteiger partial charge < -0.3 is 26.2 Å². The van der Waals surface area contributed by atoms with E-state index in [9.17, 15) is 24.3 Å². The number of carboxylic acids is 1. The molecule has 0 unspecified atom stereocenters. The SMILES string of the molecule is CC(C)C1=C2[C@H]3CC[C@@H]4[C@@]5(C)CC[C@H](OC(=O)CC(C)(C)C(=O)O)C(C)(C)[C@@H]5CC[C@@]4(C)[C@]3(C)CC[C@@]2(/C(=C/C(=O)Nc2ccc(Cl)cc2)NCCN)CC1=O. The fourth-order valence-electron chi connectivity index (χ4n) is 13.2. The zero-order valence-electron chi connectivity index (χ0n) is 35.2. The van der Waals surface area contributed by atoms with Gasteiger partial charge in [0.1, 0.15) is 6.10 Å². The molecule has 1 amide bonds. The Hall–Kier alpha value is -3.17. The molecule has 5 aliphatic carbocycles. The van der Waals surface area contributed by atoms with Gasteiger partial charge in [0.25, 0.3) is 0 Å². The number of hydrogen-bond donors (Lipinski definition) is 4. The summed E-state index contributed by atoms with van der Waals surface area (Å²) in [5.41, 5.74) is 7.60. The second kappa shape index (κ2) is 14.9. The van der Waals surface area contributed by atoms with Crippen molar-refractivity contribution in [2.24, 2.45) is 61.9 Å². The number of ketones is 1. The molecule has 8 atom stereocenters. The first-order valence-electron chi connectivity index (χ1n) is 21.0. The smallest absolute Gasteiger partial charge is 0.309 e. The number of nitrogens with two attached hydrogens (primary N) is 1. The molecule has 0 bridgehead atoms. The molecule has 0 spiro atoms. The quantitative estimate of drug-likeness (QED) is 0.128. The third-order valence-corrected chi connectivity index (χ3v) is 16.4. The number of allylic oxidation sites excluding steroid dienone is 2. The average molecular weight is 793 g/mol. The maximum Gasteiger partial charge on any atom is 0.309 e. The van der Waals surface area contributed by atoms with Gasteiger partial charge in [0, 0.05) is 52.8 Å². The van der Waals surface area contributed by atoms with E-state index in [1.807, 2.05) is 0 Å². The van der Waals surface area contributed by atoms with Crippen LogP contribution in [0.5, 0.6) is 0 Å². The van der Waals surface area contributed by atoms with Crippen molar-refractivity contribution in [3.05, 3.63) is 52.2 Å². The molecule has 308 valence electrons. The van der Waals surface area contributed by atoms with E-state index < -0.39 is 22.8 Å². The summed E-state index contributed by atoms with van der Waals surface area (Å²) in [6.07, 6.45) is 9.12. The van der Waals surface area contributed by atoms with E-state index in [1.165, 1.54) is 5.57 Å². The van der Waals surface area contributed by atoms with Crippen LogP contribution in [0.1, 0.15) is 127 Å². The van der Waals surface area contributed by atoms with Crippen LogP contribution >= 0.6 is 11.6 Å². The van der Waals surface area contributed by atoms with Gasteiger partial charge in [-0.15, -0.1) is 0 Å².